The van der Waals surface area contributed by atoms with Crippen LogP contribution in [0.4, 0.5) is 5.82 Å². The fourth-order valence-corrected chi connectivity index (χ4v) is 3.85. The molecule has 0 spiro atoms. The number of aromatic nitrogens is 1. The minimum absolute atomic E-state index is 0.0859. The van der Waals surface area contributed by atoms with Crippen LogP contribution in [0, 0.1) is 0 Å². The molecule has 1 unspecified atom stereocenters. The van der Waals surface area contributed by atoms with Gasteiger partial charge in [-0.25, -0.2) is 4.98 Å². The first-order chi connectivity index (χ1) is 14.4. The standard InChI is InChI=1S/C21H21N5O4/c1-25(16-9-12(10-22)7-8-23-16)11-13-3-2-4-14-18(13)21(30)26(20(14)29)15-5-6-17(27)24-19(15)28/h2-4,7-9,15H,5-6,10-11,22H2,1H3,(H,24,27,28). The molecule has 0 saturated carbocycles. The molecule has 3 N–H and O–H groups in total. The molecule has 4 amide bonds. The monoisotopic (exact) mass is 407 g/mol. The number of nitrogens with zero attached hydrogens (tertiary/aromatic N) is 3. The Labute approximate surface area is 172 Å². The van der Waals surface area contributed by atoms with Crippen molar-refractivity contribution in [3.8, 4) is 0 Å². The van der Waals surface area contributed by atoms with Crippen molar-refractivity contribution in [1.82, 2.24) is 15.2 Å². The zero-order chi connectivity index (χ0) is 21.4. The fraction of sp³-hybridized carbons (Fsp3) is 0.286. The van der Waals surface area contributed by atoms with Crippen LogP contribution in [0.25, 0.3) is 0 Å². The fourth-order valence-electron chi connectivity index (χ4n) is 3.85. The van der Waals surface area contributed by atoms with Gasteiger partial charge >= 0.3 is 0 Å². The van der Waals surface area contributed by atoms with Crippen molar-refractivity contribution in [1.29, 1.82) is 0 Å². The molecule has 30 heavy (non-hydrogen) atoms. The van der Waals surface area contributed by atoms with Crippen LogP contribution in [0.3, 0.4) is 0 Å². The summed E-state index contributed by atoms with van der Waals surface area (Å²) in [6.07, 6.45) is 1.88. The number of anilines is 1. The highest BCUT2D eigenvalue weighted by molar-refractivity contribution is 6.24. The van der Waals surface area contributed by atoms with Crippen LogP contribution in [0.1, 0.15) is 44.7 Å². The third kappa shape index (κ3) is 3.33. The minimum atomic E-state index is -0.983. The van der Waals surface area contributed by atoms with Crippen molar-refractivity contribution in [3.63, 3.8) is 0 Å². The summed E-state index contributed by atoms with van der Waals surface area (Å²) in [4.78, 5) is 56.9. The van der Waals surface area contributed by atoms with Gasteiger partial charge in [0.1, 0.15) is 11.9 Å². The van der Waals surface area contributed by atoms with Crippen molar-refractivity contribution in [2.75, 3.05) is 11.9 Å². The van der Waals surface area contributed by atoms with Crippen LogP contribution in [0.2, 0.25) is 0 Å². The lowest BCUT2D eigenvalue weighted by Gasteiger charge is -2.28. The Morgan fingerprint density at radius 1 is 1.20 bits per heavy atom. The number of piperidine rings is 1. The number of imide groups is 2. The highest BCUT2D eigenvalue weighted by atomic mass is 16.2. The third-order valence-electron chi connectivity index (χ3n) is 5.40. The zero-order valence-electron chi connectivity index (χ0n) is 16.4. The number of hydrogen-bond acceptors (Lipinski definition) is 7. The Kier molecular flexibility index (Phi) is 5.04. The van der Waals surface area contributed by atoms with Gasteiger partial charge in [-0.15, -0.1) is 0 Å². The highest BCUT2D eigenvalue weighted by Gasteiger charge is 2.45. The molecule has 0 aliphatic carbocycles. The molecule has 1 atom stereocenters. The van der Waals surface area contributed by atoms with E-state index in [2.05, 4.69) is 10.3 Å². The van der Waals surface area contributed by atoms with Gasteiger partial charge in [-0.2, -0.15) is 0 Å². The molecule has 1 aromatic heterocycles. The number of amides is 4. The second kappa shape index (κ2) is 7.68. The smallest absolute Gasteiger partial charge is 0.262 e. The molecule has 2 aliphatic rings. The van der Waals surface area contributed by atoms with Gasteiger partial charge in [-0.05, 0) is 35.7 Å². The molecule has 1 saturated heterocycles. The van der Waals surface area contributed by atoms with E-state index >= 15 is 0 Å². The Balaban J connectivity index is 1.63. The van der Waals surface area contributed by atoms with Gasteiger partial charge in [-0.3, -0.25) is 29.4 Å². The average molecular weight is 407 g/mol. The van der Waals surface area contributed by atoms with Gasteiger partial charge in [0, 0.05) is 32.8 Å². The van der Waals surface area contributed by atoms with Gasteiger partial charge in [0.25, 0.3) is 11.8 Å². The molecule has 9 nitrogen and oxygen atoms in total. The van der Waals surface area contributed by atoms with E-state index in [-0.39, 0.29) is 24.0 Å². The number of rotatable bonds is 5. The third-order valence-corrected chi connectivity index (χ3v) is 5.40. The lowest BCUT2D eigenvalue weighted by molar-refractivity contribution is -0.136. The number of hydrogen-bond donors (Lipinski definition) is 2. The topological polar surface area (TPSA) is 126 Å². The van der Waals surface area contributed by atoms with Gasteiger partial charge in [-0.1, -0.05) is 12.1 Å². The Morgan fingerprint density at radius 3 is 2.73 bits per heavy atom. The van der Waals surface area contributed by atoms with E-state index in [1.807, 2.05) is 24.1 Å². The first-order valence-corrected chi connectivity index (χ1v) is 9.60. The van der Waals surface area contributed by atoms with Crippen molar-refractivity contribution in [3.05, 3.63) is 58.8 Å². The SMILES string of the molecule is CN(Cc1cccc2c1C(=O)N(C1CCC(=O)NC1=O)C2=O)c1cc(CN)ccn1. The summed E-state index contributed by atoms with van der Waals surface area (Å²) in [6, 6.07) is 7.79. The van der Waals surface area contributed by atoms with E-state index in [4.69, 9.17) is 5.73 Å². The van der Waals surface area contributed by atoms with Gasteiger partial charge in [0.2, 0.25) is 11.8 Å². The summed E-state index contributed by atoms with van der Waals surface area (Å²) in [5.74, 6) is -1.37. The summed E-state index contributed by atoms with van der Waals surface area (Å²) >= 11 is 0. The average Bonchev–Trinajstić information content (AvgIpc) is 2.99. The molecule has 154 valence electrons. The minimum Gasteiger partial charge on any atom is -0.355 e. The van der Waals surface area contributed by atoms with Crippen LogP contribution in [0.15, 0.2) is 36.5 Å². The van der Waals surface area contributed by atoms with E-state index < -0.39 is 29.7 Å². The normalized spacial score (nSPS) is 18.5. The number of nitrogens with two attached hydrogens (primary N) is 1. The quantitative estimate of drug-likeness (QED) is 0.694. The summed E-state index contributed by atoms with van der Waals surface area (Å²) in [5, 5.41) is 2.20. The second-order valence-electron chi connectivity index (χ2n) is 7.37. The summed E-state index contributed by atoms with van der Waals surface area (Å²) in [7, 11) is 1.83. The van der Waals surface area contributed by atoms with Crippen LogP contribution in [-0.2, 0) is 22.7 Å². The van der Waals surface area contributed by atoms with Crippen molar-refractivity contribution >= 4 is 29.4 Å². The van der Waals surface area contributed by atoms with Gasteiger partial charge in [0.05, 0.1) is 11.1 Å². The molecule has 4 rings (SSSR count). The lowest BCUT2D eigenvalue weighted by Crippen LogP contribution is -2.54. The highest BCUT2D eigenvalue weighted by Crippen LogP contribution is 2.30. The van der Waals surface area contributed by atoms with E-state index in [9.17, 15) is 19.2 Å². The molecular weight excluding hydrogens is 386 g/mol. The predicted molar refractivity (Wildman–Crippen MR) is 107 cm³/mol. The largest absolute Gasteiger partial charge is 0.355 e. The number of carbonyl (C=O) groups is 4. The number of fused-ring (bicyclic) bond motifs is 1. The van der Waals surface area contributed by atoms with E-state index in [1.54, 1.807) is 24.4 Å². The van der Waals surface area contributed by atoms with Crippen LogP contribution in [-0.4, -0.2) is 46.6 Å². The molecule has 1 fully saturated rings. The molecule has 3 heterocycles. The Hall–Kier alpha value is -3.59. The summed E-state index contributed by atoms with van der Waals surface area (Å²) in [6.45, 7) is 0.727. The Morgan fingerprint density at radius 2 is 2.00 bits per heavy atom. The maximum atomic E-state index is 13.2. The van der Waals surface area contributed by atoms with E-state index in [0.29, 0.717) is 24.5 Å². The molecule has 2 aromatic rings. The molecule has 1 aromatic carbocycles. The summed E-state index contributed by atoms with van der Waals surface area (Å²) < 4.78 is 0. The molecule has 0 radical (unpaired) electrons. The van der Waals surface area contributed by atoms with Crippen LogP contribution < -0.4 is 16.0 Å². The lowest BCUT2D eigenvalue weighted by atomic mass is 10.0. The van der Waals surface area contributed by atoms with Crippen LogP contribution >= 0.6 is 0 Å². The second-order valence-corrected chi connectivity index (χ2v) is 7.37. The van der Waals surface area contributed by atoms with Gasteiger partial charge in [0.15, 0.2) is 0 Å². The van der Waals surface area contributed by atoms with E-state index in [1.165, 1.54) is 0 Å². The Bertz CT molecular complexity index is 1070. The maximum absolute atomic E-state index is 13.2. The first-order valence-electron chi connectivity index (χ1n) is 9.60. The number of pyridine rings is 1. The first kappa shape index (κ1) is 19.7. The molecule has 9 heteroatoms. The van der Waals surface area contributed by atoms with Crippen molar-refractivity contribution < 1.29 is 19.2 Å². The molecular formula is C21H21N5O4. The zero-order valence-corrected chi connectivity index (χ0v) is 16.4. The number of carbonyl (C=O) groups excluding carboxylic acids is 4. The van der Waals surface area contributed by atoms with Crippen molar-refractivity contribution in [2.45, 2.75) is 32.0 Å². The van der Waals surface area contributed by atoms with E-state index in [0.717, 1.165) is 10.5 Å². The molecule has 2 aliphatic heterocycles. The predicted octanol–water partition coefficient (Wildman–Crippen LogP) is 0.578. The number of benzene rings is 1. The number of nitrogens with one attached hydrogen (secondary N) is 1. The molecule has 0 bridgehead atoms. The summed E-state index contributed by atoms with van der Waals surface area (Å²) in [5.41, 5.74) is 7.83. The van der Waals surface area contributed by atoms with Crippen LogP contribution in [0.5, 0.6) is 0 Å². The van der Waals surface area contributed by atoms with Crippen molar-refractivity contribution in [2.24, 2.45) is 5.73 Å². The maximum Gasteiger partial charge on any atom is 0.262 e. The van der Waals surface area contributed by atoms with Gasteiger partial charge < -0.3 is 10.6 Å².